The van der Waals surface area contributed by atoms with E-state index in [9.17, 15) is 19.8 Å². The molecule has 28 heavy (non-hydrogen) atoms. The van der Waals surface area contributed by atoms with E-state index in [0.717, 1.165) is 16.8 Å². The average Bonchev–Trinajstić information content (AvgIpc) is 3.31. The van der Waals surface area contributed by atoms with Crippen molar-refractivity contribution in [2.45, 2.75) is 6.42 Å². The van der Waals surface area contributed by atoms with Crippen LogP contribution in [-0.2, 0) is 6.42 Å². The number of hydrogen-bond donors (Lipinski definition) is 2. The van der Waals surface area contributed by atoms with E-state index in [-0.39, 0.29) is 30.1 Å². The molecule has 2 N–H and O–H groups in total. The number of pyridine rings is 1. The molecule has 0 saturated heterocycles. The van der Waals surface area contributed by atoms with Crippen LogP contribution in [0.25, 0.3) is 11.3 Å². The zero-order valence-electron chi connectivity index (χ0n) is 13.9. The summed E-state index contributed by atoms with van der Waals surface area (Å²) in [4.78, 5) is 22.9. The van der Waals surface area contributed by atoms with Crippen LogP contribution in [0.15, 0.2) is 61.3 Å². The maximum atomic E-state index is 11.6. The summed E-state index contributed by atoms with van der Waals surface area (Å²) in [6.07, 6.45) is 5.64. The molecule has 3 aromatic heterocycles. The van der Waals surface area contributed by atoms with Gasteiger partial charge in [-0.1, -0.05) is 12.1 Å². The number of carboxylic acid groups (broad SMARTS) is 2. The summed E-state index contributed by atoms with van der Waals surface area (Å²) in [5.41, 5.74) is 2.49. The van der Waals surface area contributed by atoms with Crippen LogP contribution in [0.4, 0.5) is 4.79 Å². The van der Waals surface area contributed by atoms with Crippen LogP contribution in [0.1, 0.15) is 21.5 Å². The normalized spacial score (nSPS) is 10.6. The third-order valence-corrected chi connectivity index (χ3v) is 4.14. The molecular formula is C18H15LiN5O4+. The molecule has 0 radical (unpaired) electrons. The summed E-state index contributed by atoms with van der Waals surface area (Å²) in [5, 5.41) is 26.6. The van der Waals surface area contributed by atoms with Gasteiger partial charge in [0.05, 0.1) is 11.9 Å². The first-order valence-electron chi connectivity index (χ1n) is 8.00. The molecule has 0 unspecified atom stereocenters. The maximum absolute atomic E-state index is 11.6. The molecule has 3 heterocycles. The molecule has 9 nitrogen and oxygen atoms in total. The Morgan fingerprint density at radius 3 is 2.43 bits per heavy atom. The Bertz CT molecular complexity index is 1150. The van der Waals surface area contributed by atoms with Gasteiger partial charge in [-0.15, -0.1) is 0 Å². The predicted molar refractivity (Wildman–Crippen MR) is 99.3 cm³/mol. The van der Waals surface area contributed by atoms with E-state index in [1.54, 1.807) is 17.1 Å². The fraction of sp³-hybridized carbons (Fsp3) is 0.0556. The second-order valence-corrected chi connectivity index (χ2v) is 5.92. The zero-order valence-corrected chi connectivity index (χ0v) is 13.9. The Balaban J connectivity index is 0.00000225. The van der Waals surface area contributed by atoms with Crippen LogP contribution in [0.2, 0.25) is 0 Å². The Morgan fingerprint density at radius 1 is 1.07 bits per heavy atom. The van der Waals surface area contributed by atoms with E-state index in [1.165, 1.54) is 16.8 Å². The summed E-state index contributed by atoms with van der Waals surface area (Å²) in [6.45, 7) is 0. The van der Waals surface area contributed by atoms with Crippen molar-refractivity contribution in [1.29, 1.82) is 0 Å². The van der Waals surface area contributed by atoms with Gasteiger partial charge in [0.2, 0.25) is 0 Å². The Hall–Kier alpha value is -3.41. The first-order valence-corrected chi connectivity index (χ1v) is 8.00. The molecule has 0 amide bonds. The molecule has 0 atom stereocenters. The van der Waals surface area contributed by atoms with Crippen LogP contribution in [0.3, 0.4) is 0 Å². The van der Waals surface area contributed by atoms with E-state index in [1.807, 2.05) is 36.5 Å². The first-order chi connectivity index (χ1) is 13.0. The van der Waals surface area contributed by atoms with Gasteiger partial charge in [0.25, 0.3) is 12.0 Å². The first kappa shape index (κ1) is 19.4. The van der Waals surface area contributed by atoms with Crippen LogP contribution in [0, 0.1) is 0 Å². The van der Waals surface area contributed by atoms with Crippen molar-refractivity contribution in [3.8, 4) is 5.69 Å². The zero-order chi connectivity index (χ0) is 19.0. The number of benzene rings is 1. The molecule has 0 aliphatic rings. The standard InChI is InChI=1S/C18H13N5O4.Li.H/c24-17(25)15-9-13(10-21-11-20-23(16(15)21)18(26)27)8-12-2-4-14(5-3-12)22-7-1-6-19-22;;/h1-7,9-11H,8H2,(H-,24,25,26,27);;/p+1. The fourth-order valence-corrected chi connectivity index (χ4v) is 2.96. The van der Waals surface area contributed by atoms with Crippen LogP contribution >= 0.6 is 0 Å². The monoisotopic (exact) mass is 372 g/mol. The quantitative estimate of drug-likeness (QED) is 0.408. The Morgan fingerprint density at radius 2 is 1.82 bits per heavy atom. The number of aromatic carboxylic acids is 1. The number of fused-ring (bicyclic) bond motifs is 1. The molecule has 0 saturated carbocycles. The molecule has 0 spiro atoms. The van der Waals surface area contributed by atoms with Crippen molar-refractivity contribution in [1.82, 2.24) is 19.6 Å². The SMILES string of the molecule is O=C(O)c1cc(Cc2ccc(-n3cccn3)cc2)c[n+]2cnn(C(=O)O)c12.[LiH]. The van der Waals surface area contributed by atoms with Crippen LogP contribution < -0.4 is 4.40 Å². The van der Waals surface area contributed by atoms with Gasteiger partial charge in [0, 0.05) is 28.6 Å². The number of carbonyl (C=O) groups is 2. The Kier molecular flexibility index (Phi) is 5.31. The van der Waals surface area contributed by atoms with Gasteiger partial charge < -0.3 is 10.2 Å². The molecule has 0 bridgehead atoms. The van der Waals surface area contributed by atoms with Crippen molar-refractivity contribution in [3.05, 3.63) is 78.0 Å². The minimum absolute atomic E-state index is 0. The molecule has 0 fully saturated rings. The van der Waals surface area contributed by atoms with Crippen molar-refractivity contribution >= 4 is 36.6 Å². The Labute approximate surface area is 170 Å². The van der Waals surface area contributed by atoms with E-state index >= 15 is 0 Å². The van der Waals surface area contributed by atoms with Crippen molar-refractivity contribution in [2.24, 2.45) is 0 Å². The molecule has 1 aromatic carbocycles. The third kappa shape index (κ3) is 3.53. The molecular weight excluding hydrogens is 357 g/mol. The van der Waals surface area contributed by atoms with Crippen molar-refractivity contribution < 1.29 is 24.2 Å². The number of hydrogen-bond acceptors (Lipinski definition) is 4. The summed E-state index contributed by atoms with van der Waals surface area (Å²) >= 11 is 0. The van der Waals surface area contributed by atoms with Gasteiger partial charge in [-0.2, -0.15) is 5.10 Å². The molecule has 4 rings (SSSR count). The minimum atomic E-state index is -1.35. The van der Waals surface area contributed by atoms with Gasteiger partial charge in [-0.25, -0.2) is 18.7 Å². The molecule has 0 aliphatic heterocycles. The molecule has 136 valence electrons. The van der Waals surface area contributed by atoms with Gasteiger partial charge in [-0.05, 0) is 35.4 Å². The number of nitrogens with zero attached hydrogens (tertiary/aromatic N) is 5. The van der Waals surface area contributed by atoms with Gasteiger partial charge in [-0.3, -0.25) is 0 Å². The van der Waals surface area contributed by atoms with Gasteiger partial charge >= 0.3 is 30.9 Å². The van der Waals surface area contributed by atoms with E-state index < -0.39 is 12.1 Å². The summed E-state index contributed by atoms with van der Waals surface area (Å²) in [5.74, 6) is -1.22. The predicted octanol–water partition coefficient (Wildman–Crippen LogP) is 0.974. The van der Waals surface area contributed by atoms with Crippen LogP contribution in [0.5, 0.6) is 0 Å². The average molecular weight is 372 g/mol. The third-order valence-electron chi connectivity index (χ3n) is 4.14. The number of aromatic nitrogens is 5. The second kappa shape index (κ2) is 7.68. The van der Waals surface area contributed by atoms with Crippen LogP contribution in [-0.4, -0.2) is 60.7 Å². The molecule has 4 aromatic rings. The second-order valence-electron chi connectivity index (χ2n) is 5.92. The summed E-state index contributed by atoms with van der Waals surface area (Å²) in [7, 11) is 0. The van der Waals surface area contributed by atoms with E-state index in [0.29, 0.717) is 11.1 Å². The van der Waals surface area contributed by atoms with Crippen molar-refractivity contribution in [3.63, 3.8) is 0 Å². The van der Waals surface area contributed by atoms with Gasteiger partial charge in [0.1, 0.15) is 5.56 Å². The van der Waals surface area contributed by atoms with Crippen molar-refractivity contribution in [2.75, 3.05) is 0 Å². The summed E-state index contributed by atoms with van der Waals surface area (Å²) in [6, 6.07) is 11.0. The van der Waals surface area contributed by atoms with Gasteiger partial charge in [0.15, 0.2) is 0 Å². The fourth-order valence-electron chi connectivity index (χ4n) is 2.96. The number of rotatable bonds is 4. The summed E-state index contributed by atoms with van der Waals surface area (Å²) < 4.78 is 3.80. The number of carboxylic acids is 1. The molecule has 10 heteroatoms. The van der Waals surface area contributed by atoms with E-state index in [4.69, 9.17) is 0 Å². The topological polar surface area (TPSA) is 114 Å². The van der Waals surface area contributed by atoms with E-state index in [2.05, 4.69) is 10.2 Å². The molecule has 0 aliphatic carbocycles.